The average Bonchev–Trinajstić information content (AvgIpc) is 3.70. The second-order valence-electron chi connectivity index (χ2n) is 15.8. The third-order valence-electron chi connectivity index (χ3n) is 11.5. The lowest BCUT2D eigenvalue weighted by Gasteiger charge is -2.43. The number of benzene rings is 5. The fraction of sp³-hybridized carbons (Fsp3) is 0.354. The van der Waals surface area contributed by atoms with Crippen LogP contribution in [-0.4, -0.2) is 69.3 Å². The van der Waals surface area contributed by atoms with Gasteiger partial charge in [0.25, 0.3) is 0 Å². The van der Waals surface area contributed by atoms with E-state index in [2.05, 4.69) is 27.9 Å². The van der Waals surface area contributed by atoms with Crippen molar-refractivity contribution in [2.75, 3.05) is 26.8 Å². The summed E-state index contributed by atoms with van der Waals surface area (Å²) in [7, 11) is -2.21. The van der Waals surface area contributed by atoms with E-state index in [-0.39, 0.29) is 42.6 Å². The molecule has 0 radical (unpaired) electrons. The molecule has 0 aliphatic carbocycles. The van der Waals surface area contributed by atoms with Crippen LogP contribution >= 0.6 is 0 Å². The lowest BCUT2D eigenvalue weighted by atomic mass is 9.89. The highest BCUT2D eigenvalue weighted by Gasteiger charge is 2.40. The molecule has 0 aromatic heterocycles. The van der Waals surface area contributed by atoms with Gasteiger partial charge in [-0.3, -0.25) is 9.69 Å². The van der Waals surface area contributed by atoms with E-state index in [4.69, 9.17) is 14.2 Å². The first-order chi connectivity index (χ1) is 28.6. The third kappa shape index (κ3) is 10.7. The summed E-state index contributed by atoms with van der Waals surface area (Å²) in [6.45, 7) is 6.74. The number of methoxy groups -OCH3 is 1. The Labute approximate surface area is 348 Å². The molecule has 310 valence electrons. The Balaban J connectivity index is 1.08. The van der Waals surface area contributed by atoms with Gasteiger partial charge >= 0.3 is 0 Å². The van der Waals surface area contributed by atoms with Crippen LogP contribution in [0.1, 0.15) is 65.5 Å². The Morgan fingerprint density at radius 1 is 0.847 bits per heavy atom. The van der Waals surface area contributed by atoms with E-state index in [1.54, 1.807) is 31.4 Å². The Kier molecular flexibility index (Phi) is 14.1. The van der Waals surface area contributed by atoms with E-state index >= 15 is 0 Å². The molecule has 2 fully saturated rings. The fourth-order valence-corrected chi connectivity index (χ4v) is 9.32. The van der Waals surface area contributed by atoms with E-state index in [0.717, 1.165) is 70.4 Å². The number of carbonyl (C=O) groups excluding carboxylic acids is 1. The number of aliphatic hydroxyl groups is 1. The molecule has 0 spiro atoms. The Hall–Kier alpha value is -4.72. The minimum absolute atomic E-state index is 0.0171. The minimum Gasteiger partial charge on any atom is -0.392 e. The van der Waals surface area contributed by atoms with Gasteiger partial charge in [0.2, 0.25) is 15.9 Å². The number of ether oxygens (including phenoxy) is 3. The van der Waals surface area contributed by atoms with Crippen molar-refractivity contribution in [2.45, 2.75) is 81.7 Å². The molecule has 2 aliphatic rings. The van der Waals surface area contributed by atoms with E-state index in [0.29, 0.717) is 12.6 Å². The van der Waals surface area contributed by atoms with Crippen LogP contribution in [0, 0.1) is 12.8 Å². The quantitative estimate of drug-likeness (QED) is 0.0951. The lowest BCUT2D eigenvalue weighted by Crippen LogP contribution is -2.47. The van der Waals surface area contributed by atoms with Crippen molar-refractivity contribution < 1.29 is 32.5 Å². The predicted octanol–water partition coefficient (Wildman–Crippen LogP) is 7.26. The minimum atomic E-state index is -3.97. The van der Waals surface area contributed by atoms with Crippen molar-refractivity contribution in [3.8, 4) is 11.1 Å². The molecule has 10 nitrogen and oxygen atoms in total. The Morgan fingerprint density at radius 2 is 1.56 bits per heavy atom. The zero-order valence-electron chi connectivity index (χ0n) is 34.0. The highest BCUT2D eigenvalue weighted by atomic mass is 32.2. The van der Waals surface area contributed by atoms with Gasteiger partial charge in [-0.2, -0.15) is 4.72 Å². The predicted molar refractivity (Wildman–Crippen MR) is 229 cm³/mol. The van der Waals surface area contributed by atoms with Crippen LogP contribution in [0.15, 0.2) is 132 Å². The van der Waals surface area contributed by atoms with Gasteiger partial charge < -0.3 is 24.6 Å². The first kappa shape index (κ1) is 42.4. The molecular formula is C48H55N3O7S. The number of rotatable bonds is 16. The molecule has 11 heteroatoms. The van der Waals surface area contributed by atoms with Crippen molar-refractivity contribution in [1.29, 1.82) is 0 Å². The normalized spacial score (nSPS) is 21.6. The van der Waals surface area contributed by atoms with Crippen LogP contribution in [0.2, 0.25) is 0 Å². The van der Waals surface area contributed by atoms with E-state index in [9.17, 15) is 18.3 Å². The zero-order chi connectivity index (χ0) is 41.4. The maximum absolute atomic E-state index is 13.7. The van der Waals surface area contributed by atoms with Gasteiger partial charge in [-0.1, -0.05) is 116 Å². The van der Waals surface area contributed by atoms with Crippen molar-refractivity contribution >= 4 is 15.9 Å². The summed E-state index contributed by atoms with van der Waals surface area (Å²) in [5.74, 6) is -0.356. The Morgan fingerprint density at radius 3 is 2.29 bits per heavy atom. The van der Waals surface area contributed by atoms with Gasteiger partial charge in [0.1, 0.15) is 6.04 Å². The smallest absolute Gasteiger partial charge is 0.241 e. The SMILES string of the molecule is COC[C@@H]1CCCN1C[C@@H]1O[C@H](c2cccc(-c3cccc(CNC(=O)[C@@H](Cc4ccccc4)NS(=O)(=O)c4ccc(C)cc4)c3)c2)O[C@H](c2ccc(CO)cc2)[C@@H]1C. The number of hydrogen-bond acceptors (Lipinski definition) is 8. The highest BCUT2D eigenvalue weighted by molar-refractivity contribution is 7.89. The maximum Gasteiger partial charge on any atom is 0.241 e. The summed E-state index contributed by atoms with van der Waals surface area (Å²) >= 11 is 0. The van der Waals surface area contributed by atoms with Gasteiger partial charge in [-0.25, -0.2) is 8.42 Å². The summed E-state index contributed by atoms with van der Waals surface area (Å²) in [5.41, 5.74) is 7.36. The van der Waals surface area contributed by atoms with Crippen LogP contribution in [0.4, 0.5) is 0 Å². The van der Waals surface area contributed by atoms with Crippen LogP contribution in [0.25, 0.3) is 11.1 Å². The number of nitrogens with one attached hydrogen (secondary N) is 2. The molecule has 5 aromatic carbocycles. The number of hydrogen-bond donors (Lipinski definition) is 3. The maximum atomic E-state index is 13.7. The monoisotopic (exact) mass is 817 g/mol. The van der Waals surface area contributed by atoms with E-state index < -0.39 is 28.3 Å². The second kappa shape index (κ2) is 19.6. The summed E-state index contributed by atoms with van der Waals surface area (Å²) in [4.78, 5) is 16.3. The second-order valence-corrected chi connectivity index (χ2v) is 17.5. The van der Waals surface area contributed by atoms with Gasteiger partial charge in [0.05, 0.1) is 30.3 Å². The van der Waals surface area contributed by atoms with Crippen molar-refractivity contribution in [3.63, 3.8) is 0 Å². The van der Waals surface area contributed by atoms with Crippen LogP contribution in [0.3, 0.4) is 0 Å². The van der Waals surface area contributed by atoms with Crippen LogP contribution in [-0.2, 0) is 48.6 Å². The molecule has 0 bridgehead atoms. The molecule has 7 rings (SSSR count). The molecule has 1 amide bonds. The molecule has 6 atom stereocenters. The summed E-state index contributed by atoms with van der Waals surface area (Å²) in [6, 6.07) is 39.4. The summed E-state index contributed by atoms with van der Waals surface area (Å²) in [6.07, 6.45) is 1.49. The topological polar surface area (TPSA) is 126 Å². The summed E-state index contributed by atoms with van der Waals surface area (Å²) < 4.78 is 48.7. The average molecular weight is 818 g/mol. The van der Waals surface area contributed by atoms with Crippen LogP contribution < -0.4 is 10.0 Å². The number of nitrogens with zero attached hydrogens (tertiary/aromatic N) is 1. The first-order valence-electron chi connectivity index (χ1n) is 20.4. The van der Waals surface area contributed by atoms with Gasteiger partial charge in [0, 0.05) is 37.7 Å². The van der Waals surface area contributed by atoms with E-state index in [1.165, 1.54) is 0 Å². The van der Waals surface area contributed by atoms with Gasteiger partial charge in [-0.15, -0.1) is 0 Å². The zero-order valence-corrected chi connectivity index (χ0v) is 34.8. The Bertz CT molecular complexity index is 2250. The van der Waals surface area contributed by atoms with E-state index in [1.807, 2.05) is 104 Å². The largest absolute Gasteiger partial charge is 0.392 e. The first-order valence-corrected chi connectivity index (χ1v) is 21.9. The number of amides is 1. The van der Waals surface area contributed by atoms with Gasteiger partial charge in [0.15, 0.2) is 6.29 Å². The molecule has 3 N–H and O–H groups in total. The molecular weight excluding hydrogens is 763 g/mol. The molecule has 2 saturated heterocycles. The number of aryl methyl sites for hydroxylation is 1. The molecule has 0 unspecified atom stereocenters. The number of carbonyl (C=O) groups is 1. The summed E-state index contributed by atoms with van der Waals surface area (Å²) in [5, 5.41) is 12.7. The number of sulfonamides is 1. The fourth-order valence-electron chi connectivity index (χ4n) is 8.12. The van der Waals surface area contributed by atoms with Crippen molar-refractivity contribution in [2.24, 2.45) is 5.92 Å². The van der Waals surface area contributed by atoms with Crippen LogP contribution in [0.5, 0.6) is 0 Å². The molecule has 5 aromatic rings. The van der Waals surface area contributed by atoms with Crippen molar-refractivity contribution in [3.05, 3.63) is 161 Å². The number of likely N-dealkylation sites (tertiary alicyclic amines) is 1. The third-order valence-corrected chi connectivity index (χ3v) is 13.0. The molecule has 2 heterocycles. The lowest BCUT2D eigenvalue weighted by molar-refractivity contribution is -0.276. The number of aliphatic hydroxyl groups excluding tert-OH is 1. The molecule has 2 aliphatic heterocycles. The standard InChI is InChI=1S/C48H55N3O7S/c1-33-17-23-43(24-18-33)59(54,55)50-44(27-35-10-5-4-6-11-35)47(53)49-29-37-12-7-13-39(26-37)40-14-8-15-41(28-40)48-57-45(30-51-25-9-16-42(51)32-56-3)34(2)46(58-48)38-21-19-36(31-52)20-22-38/h4-8,10-15,17-24,26,28,34,42,44-46,48,50,52H,9,16,25,27,29-32H2,1-3H3,(H,49,53)/t34-,42+,44-,45+,46+,48+/m1/s1. The molecule has 0 saturated carbocycles. The van der Waals surface area contributed by atoms with Crippen molar-refractivity contribution in [1.82, 2.24) is 14.9 Å². The molecule has 59 heavy (non-hydrogen) atoms. The highest BCUT2D eigenvalue weighted by Crippen LogP contribution is 2.43. The van der Waals surface area contributed by atoms with Gasteiger partial charge in [-0.05, 0) is 90.4 Å².